The zero-order chi connectivity index (χ0) is 22.2. The topological polar surface area (TPSA) is 69.3 Å². The highest BCUT2D eigenvalue weighted by atomic mass is 32.2. The largest absolute Gasteiger partial charge is 0.269 e. The molecule has 0 aliphatic carbocycles. The van der Waals surface area contributed by atoms with Crippen molar-refractivity contribution in [1.29, 1.82) is 0 Å². The maximum absolute atomic E-state index is 13.4. The van der Waals surface area contributed by atoms with Crippen LogP contribution >= 0.6 is 11.8 Å². The van der Waals surface area contributed by atoms with Crippen molar-refractivity contribution in [3.63, 3.8) is 0 Å². The molecule has 158 valence electrons. The maximum atomic E-state index is 13.4. The molecule has 0 saturated heterocycles. The van der Waals surface area contributed by atoms with Gasteiger partial charge in [0.05, 0.1) is 22.3 Å². The molecule has 6 nitrogen and oxygen atoms in total. The highest BCUT2D eigenvalue weighted by Gasteiger charge is 2.15. The standard InChI is InChI=1S/C25H20N4O2S/c1-16-8-3-6-12-21(16)29-24(31)19-10-4-5-11-20(19)27-25(29)32-15-18-14-22(30)28-13-7-9-17(2)23(28)26-18/h3-14H,15H2,1-2H3. The zero-order valence-electron chi connectivity index (χ0n) is 17.6. The van der Waals surface area contributed by atoms with Crippen molar-refractivity contribution in [2.75, 3.05) is 0 Å². The van der Waals surface area contributed by atoms with Gasteiger partial charge in [-0.15, -0.1) is 0 Å². The highest BCUT2D eigenvalue weighted by molar-refractivity contribution is 7.98. The molecule has 0 saturated carbocycles. The van der Waals surface area contributed by atoms with Crippen LogP contribution in [0.2, 0.25) is 0 Å². The van der Waals surface area contributed by atoms with Gasteiger partial charge in [-0.25, -0.2) is 9.97 Å². The summed E-state index contributed by atoms with van der Waals surface area (Å²) in [4.78, 5) is 35.5. The number of aromatic nitrogens is 4. The lowest BCUT2D eigenvalue weighted by molar-refractivity contribution is 0.814. The van der Waals surface area contributed by atoms with Crippen LogP contribution in [0.5, 0.6) is 0 Å². The van der Waals surface area contributed by atoms with Crippen molar-refractivity contribution in [2.24, 2.45) is 0 Å². The SMILES string of the molecule is Cc1ccccc1-n1c(SCc2cc(=O)n3cccc(C)c3n2)nc2ccccc2c1=O. The van der Waals surface area contributed by atoms with Crippen molar-refractivity contribution in [3.05, 3.63) is 110 Å². The summed E-state index contributed by atoms with van der Waals surface area (Å²) in [5, 5.41) is 1.13. The first-order chi connectivity index (χ1) is 15.5. The lowest BCUT2D eigenvalue weighted by Gasteiger charge is -2.15. The molecule has 0 aliphatic heterocycles. The van der Waals surface area contributed by atoms with Crippen LogP contribution in [0.15, 0.2) is 87.7 Å². The van der Waals surface area contributed by atoms with Crippen LogP contribution < -0.4 is 11.1 Å². The summed E-state index contributed by atoms with van der Waals surface area (Å²) in [5.74, 6) is 0.413. The molecule has 0 atom stereocenters. The molecule has 5 rings (SSSR count). The van der Waals surface area contributed by atoms with Gasteiger partial charge >= 0.3 is 0 Å². The average molecular weight is 441 g/mol. The fraction of sp³-hybridized carbons (Fsp3) is 0.120. The van der Waals surface area contributed by atoms with Gasteiger partial charge < -0.3 is 0 Å². The van der Waals surface area contributed by atoms with E-state index >= 15 is 0 Å². The molecule has 0 N–H and O–H groups in total. The van der Waals surface area contributed by atoms with Crippen molar-refractivity contribution in [3.8, 4) is 5.69 Å². The third-order valence-corrected chi connectivity index (χ3v) is 6.36. The van der Waals surface area contributed by atoms with E-state index in [4.69, 9.17) is 4.98 Å². The molecule has 7 heteroatoms. The van der Waals surface area contributed by atoms with Gasteiger partial charge in [-0.3, -0.25) is 18.6 Å². The molecule has 32 heavy (non-hydrogen) atoms. The molecule has 0 aliphatic rings. The van der Waals surface area contributed by atoms with Crippen LogP contribution in [-0.4, -0.2) is 18.9 Å². The molecule has 2 aromatic carbocycles. The van der Waals surface area contributed by atoms with Crippen LogP contribution in [0, 0.1) is 13.8 Å². The average Bonchev–Trinajstić information content (AvgIpc) is 2.79. The Morgan fingerprint density at radius 3 is 2.47 bits per heavy atom. The van der Waals surface area contributed by atoms with Gasteiger partial charge in [0.15, 0.2) is 5.16 Å². The minimum atomic E-state index is -0.128. The number of hydrogen-bond donors (Lipinski definition) is 0. The fourth-order valence-corrected chi connectivity index (χ4v) is 4.66. The van der Waals surface area contributed by atoms with Crippen LogP contribution in [0.4, 0.5) is 0 Å². The van der Waals surface area contributed by atoms with Gasteiger partial charge in [0, 0.05) is 18.0 Å². The van der Waals surface area contributed by atoms with E-state index in [1.807, 2.05) is 68.4 Å². The van der Waals surface area contributed by atoms with Gasteiger partial charge in [-0.2, -0.15) is 0 Å². The van der Waals surface area contributed by atoms with E-state index in [1.165, 1.54) is 17.8 Å². The quantitative estimate of drug-likeness (QED) is 0.308. The zero-order valence-corrected chi connectivity index (χ0v) is 18.5. The van der Waals surface area contributed by atoms with E-state index < -0.39 is 0 Å². The van der Waals surface area contributed by atoms with Crippen LogP contribution in [0.3, 0.4) is 0 Å². The number of rotatable bonds is 4. The molecular formula is C25H20N4O2S. The maximum Gasteiger partial charge on any atom is 0.266 e. The van der Waals surface area contributed by atoms with Crippen molar-refractivity contribution >= 4 is 28.3 Å². The Morgan fingerprint density at radius 1 is 0.875 bits per heavy atom. The summed E-state index contributed by atoms with van der Waals surface area (Å²) in [7, 11) is 0. The molecule has 0 radical (unpaired) electrons. The lowest BCUT2D eigenvalue weighted by atomic mass is 10.2. The predicted octanol–water partition coefficient (Wildman–Crippen LogP) is 4.30. The number of pyridine rings is 1. The van der Waals surface area contributed by atoms with E-state index in [0.29, 0.717) is 33.2 Å². The third kappa shape index (κ3) is 3.50. The Kier molecular flexibility index (Phi) is 5.11. The monoisotopic (exact) mass is 440 g/mol. The smallest absolute Gasteiger partial charge is 0.266 e. The second-order valence-electron chi connectivity index (χ2n) is 7.60. The molecule has 3 aromatic heterocycles. The molecular weight excluding hydrogens is 420 g/mol. The minimum absolute atomic E-state index is 0.116. The van der Waals surface area contributed by atoms with E-state index in [1.54, 1.807) is 21.2 Å². The molecule has 0 spiro atoms. The van der Waals surface area contributed by atoms with Crippen molar-refractivity contribution < 1.29 is 0 Å². The second-order valence-corrected chi connectivity index (χ2v) is 8.54. The van der Waals surface area contributed by atoms with Crippen molar-refractivity contribution in [2.45, 2.75) is 24.8 Å². The van der Waals surface area contributed by atoms with Crippen molar-refractivity contribution in [1.82, 2.24) is 18.9 Å². The third-order valence-electron chi connectivity index (χ3n) is 5.39. The molecule has 3 heterocycles. The van der Waals surface area contributed by atoms with E-state index in [-0.39, 0.29) is 11.1 Å². The van der Waals surface area contributed by atoms with Gasteiger partial charge in [-0.1, -0.05) is 48.2 Å². The molecule has 0 unspecified atom stereocenters. The summed E-state index contributed by atoms with van der Waals surface area (Å²) < 4.78 is 3.20. The molecule has 0 amide bonds. The van der Waals surface area contributed by atoms with Gasteiger partial charge in [-0.05, 0) is 49.2 Å². The summed E-state index contributed by atoms with van der Waals surface area (Å²) in [6, 6.07) is 20.4. The van der Waals surface area contributed by atoms with E-state index in [0.717, 1.165) is 16.8 Å². The Bertz CT molecular complexity index is 1600. The van der Waals surface area contributed by atoms with Crippen LogP contribution in [-0.2, 0) is 5.75 Å². The number of hydrogen-bond acceptors (Lipinski definition) is 5. The number of aryl methyl sites for hydroxylation is 2. The number of fused-ring (bicyclic) bond motifs is 2. The summed E-state index contributed by atoms with van der Waals surface area (Å²) in [6.45, 7) is 3.90. The van der Waals surface area contributed by atoms with E-state index in [2.05, 4.69) is 4.98 Å². The number of benzene rings is 2. The van der Waals surface area contributed by atoms with Crippen LogP contribution in [0.25, 0.3) is 22.2 Å². The molecule has 5 aromatic rings. The first-order valence-corrected chi connectivity index (χ1v) is 11.2. The first-order valence-electron chi connectivity index (χ1n) is 10.2. The summed E-state index contributed by atoms with van der Waals surface area (Å²) in [5.41, 5.74) is 4.38. The fourth-order valence-electron chi connectivity index (χ4n) is 3.76. The predicted molar refractivity (Wildman–Crippen MR) is 128 cm³/mol. The van der Waals surface area contributed by atoms with Gasteiger partial charge in [0.25, 0.3) is 11.1 Å². The van der Waals surface area contributed by atoms with E-state index in [9.17, 15) is 9.59 Å². The molecule has 0 fully saturated rings. The van der Waals surface area contributed by atoms with Crippen LogP contribution in [0.1, 0.15) is 16.8 Å². The van der Waals surface area contributed by atoms with Gasteiger partial charge in [0.2, 0.25) is 0 Å². The number of thioether (sulfide) groups is 1. The van der Waals surface area contributed by atoms with Gasteiger partial charge in [0.1, 0.15) is 5.65 Å². The highest BCUT2D eigenvalue weighted by Crippen LogP contribution is 2.25. The second kappa shape index (κ2) is 8.09. The summed E-state index contributed by atoms with van der Waals surface area (Å²) >= 11 is 1.40. The Morgan fingerprint density at radius 2 is 1.62 bits per heavy atom. The minimum Gasteiger partial charge on any atom is -0.269 e. The molecule has 0 bridgehead atoms. The Labute approximate surface area is 188 Å². The Balaban J connectivity index is 1.63. The first kappa shape index (κ1) is 20.2. The lowest BCUT2D eigenvalue weighted by Crippen LogP contribution is -2.22. The summed E-state index contributed by atoms with van der Waals surface area (Å²) in [6.07, 6.45) is 1.72. The number of para-hydroxylation sites is 2. The normalized spacial score (nSPS) is 11.3. The Hall–Kier alpha value is -3.71. The number of nitrogens with zero attached hydrogens (tertiary/aromatic N) is 4.